The van der Waals surface area contributed by atoms with Crippen LogP contribution in [-0.2, 0) is 19.1 Å². The zero-order valence-electron chi connectivity index (χ0n) is 14.0. The van der Waals surface area contributed by atoms with Crippen LogP contribution in [-0.4, -0.2) is 44.3 Å². The van der Waals surface area contributed by atoms with Crippen LogP contribution >= 0.6 is 0 Å². The Morgan fingerprint density at radius 2 is 1.12 bits per heavy atom. The van der Waals surface area contributed by atoms with Crippen molar-refractivity contribution in [3.8, 4) is 0 Å². The molecular weight excluding hydrogens is 312 g/mol. The minimum absolute atomic E-state index is 0.321. The van der Waals surface area contributed by atoms with Crippen molar-refractivity contribution < 1.29 is 23.9 Å². The fourth-order valence-electron chi connectivity index (χ4n) is 3.15. The summed E-state index contributed by atoms with van der Waals surface area (Å²) in [5.74, 6) is -1.46. The van der Waals surface area contributed by atoms with Crippen LogP contribution < -0.4 is 10.6 Å². The maximum absolute atomic E-state index is 12.3. The molecule has 2 amide bonds. The quantitative estimate of drug-likeness (QED) is 0.596. The highest BCUT2D eigenvalue weighted by Gasteiger charge is 2.34. The van der Waals surface area contributed by atoms with Crippen molar-refractivity contribution in [1.82, 2.24) is 10.6 Å². The number of carbonyl (C=O) groups is 3. The summed E-state index contributed by atoms with van der Waals surface area (Å²) in [5.41, 5.74) is 0. The lowest BCUT2D eigenvalue weighted by Crippen LogP contribution is -2.53. The smallest absolute Gasteiger partial charge is 0.315 e. The van der Waals surface area contributed by atoms with Crippen molar-refractivity contribution in [2.24, 2.45) is 11.8 Å². The highest BCUT2D eigenvalue weighted by Crippen LogP contribution is 2.22. The summed E-state index contributed by atoms with van der Waals surface area (Å²) in [7, 11) is 2.68. The van der Waals surface area contributed by atoms with Crippen LogP contribution in [0.1, 0.15) is 25.7 Å². The molecule has 0 spiro atoms. The van der Waals surface area contributed by atoms with Crippen LogP contribution in [0.25, 0.3) is 0 Å². The van der Waals surface area contributed by atoms with Gasteiger partial charge < -0.3 is 20.1 Å². The number of nitrogens with one attached hydrogen (secondary N) is 2. The molecule has 2 N–H and O–H groups in total. The van der Waals surface area contributed by atoms with E-state index in [-0.39, 0.29) is 24.0 Å². The van der Waals surface area contributed by atoms with Gasteiger partial charge in [-0.15, -0.1) is 0 Å². The molecule has 0 heterocycles. The average molecular weight is 336 g/mol. The van der Waals surface area contributed by atoms with E-state index in [4.69, 9.17) is 9.47 Å². The third kappa shape index (κ3) is 4.37. The first-order chi connectivity index (χ1) is 11.6. The van der Waals surface area contributed by atoms with Crippen molar-refractivity contribution in [1.29, 1.82) is 0 Å². The molecular formula is C17H24N2O5. The van der Waals surface area contributed by atoms with Gasteiger partial charge in [0.15, 0.2) is 0 Å². The lowest BCUT2D eigenvalue weighted by Gasteiger charge is -2.30. The second-order valence-corrected chi connectivity index (χ2v) is 5.98. The van der Waals surface area contributed by atoms with E-state index in [1.54, 1.807) is 0 Å². The van der Waals surface area contributed by atoms with Gasteiger partial charge in [-0.2, -0.15) is 0 Å². The number of hydrogen-bond donors (Lipinski definition) is 2. The van der Waals surface area contributed by atoms with E-state index in [1.807, 2.05) is 24.3 Å². The molecule has 24 heavy (non-hydrogen) atoms. The van der Waals surface area contributed by atoms with E-state index >= 15 is 0 Å². The molecule has 0 unspecified atom stereocenters. The Balaban J connectivity index is 1.96. The maximum Gasteiger partial charge on any atom is 0.315 e. The number of amides is 2. The normalized spacial score (nSPS) is 28.8. The molecule has 0 aromatic heterocycles. The Morgan fingerprint density at radius 3 is 1.50 bits per heavy atom. The average Bonchev–Trinajstić information content (AvgIpc) is 2.61. The van der Waals surface area contributed by atoms with Gasteiger partial charge in [0, 0.05) is 12.1 Å². The molecule has 0 saturated carbocycles. The first kappa shape index (κ1) is 18.0. The second kappa shape index (κ2) is 8.52. The highest BCUT2D eigenvalue weighted by molar-refractivity contribution is 5.79. The zero-order chi connectivity index (χ0) is 17.5. The van der Waals surface area contributed by atoms with Crippen molar-refractivity contribution in [3.05, 3.63) is 24.3 Å². The third-order valence-corrected chi connectivity index (χ3v) is 4.51. The minimum Gasteiger partial charge on any atom is -0.469 e. The second-order valence-electron chi connectivity index (χ2n) is 5.98. The Kier molecular flexibility index (Phi) is 6.40. The number of hydrogen-bond acceptors (Lipinski definition) is 5. The molecule has 4 atom stereocenters. The Bertz CT molecular complexity index is 497. The monoisotopic (exact) mass is 336 g/mol. The van der Waals surface area contributed by atoms with Crippen molar-refractivity contribution in [2.75, 3.05) is 14.2 Å². The molecule has 0 aliphatic heterocycles. The highest BCUT2D eigenvalue weighted by atomic mass is 16.5. The van der Waals surface area contributed by atoms with Gasteiger partial charge in [-0.3, -0.25) is 9.59 Å². The summed E-state index contributed by atoms with van der Waals surface area (Å²) in [6.45, 7) is 0. The zero-order valence-corrected chi connectivity index (χ0v) is 14.0. The van der Waals surface area contributed by atoms with Gasteiger partial charge in [0.05, 0.1) is 26.1 Å². The van der Waals surface area contributed by atoms with Crippen LogP contribution in [0.15, 0.2) is 24.3 Å². The number of esters is 2. The van der Waals surface area contributed by atoms with E-state index in [9.17, 15) is 14.4 Å². The minimum atomic E-state index is -0.395. The third-order valence-electron chi connectivity index (χ3n) is 4.51. The molecule has 0 fully saturated rings. The fourth-order valence-corrected chi connectivity index (χ4v) is 3.15. The van der Waals surface area contributed by atoms with Crippen LogP contribution in [0.3, 0.4) is 0 Å². The van der Waals surface area contributed by atoms with E-state index in [0.29, 0.717) is 25.7 Å². The first-order valence-corrected chi connectivity index (χ1v) is 8.09. The van der Waals surface area contributed by atoms with Gasteiger partial charge in [-0.05, 0) is 25.7 Å². The van der Waals surface area contributed by atoms with Gasteiger partial charge in [-0.1, -0.05) is 24.3 Å². The summed E-state index contributed by atoms with van der Waals surface area (Å²) in [6, 6.07) is -1.03. The summed E-state index contributed by atoms with van der Waals surface area (Å²) >= 11 is 0. The SMILES string of the molecule is COC(=O)[C@@H]1CC=CC[C@H]1NC(=O)N[C@@H]1CC=CC[C@H]1C(=O)OC. The Labute approximate surface area is 141 Å². The Morgan fingerprint density at radius 1 is 0.750 bits per heavy atom. The predicted octanol–water partition coefficient (Wildman–Crippen LogP) is 1.30. The molecule has 0 aromatic rings. The van der Waals surface area contributed by atoms with Gasteiger partial charge in [0.25, 0.3) is 0 Å². The number of carbonyl (C=O) groups excluding carboxylic acids is 3. The topological polar surface area (TPSA) is 93.7 Å². The van der Waals surface area contributed by atoms with Gasteiger partial charge >= 0.3 is 18.0 Å². The summed E-state index contributed by atoms with van der Waals surface area (Å²) in [4.78, 5) is 36.0. The number of allylic oxidation sites excluding steroid dienone is 2. The predicted molar refractivity (Wildman–Crippen MR) is 87.0 cm³/mol. The lowest BCUT2D eigenvalue weighted by molar-refractivity contribution is -0.147. The number of methoxy groups -OCH3 is 2. The molecule has 7 nitrogen and oxygen atoms in total. The largest absolute Gasteiger partial charge is 0.469 e. The summed E-state index contributed by atoms with van der Waals surface area (Å²) in [6.07, 6.45) is 9.91. The van der Waals surface area contributed by atoms with E-state index < -0.39 is 17.9 Å². The number of rotatable bonds is 4. The summed E-state index contributed by atoms with van der Waals surface area (Å²) in [5, 5.41) is 5.66. The van der Waals surface area contributed by atoms with Gasteiger partial charge in [-0.25, -0.2) is 4.79 Å². The first-order valence-electron chi connectivity index (χ1n) is 8.09. The molecule has 2 aliphatic rings. The standard InChI is InChI=1S/C17H24N2O5/c1-23-15(20)11-7-3-5-9-13(11)18-17(22)19-14-10-6-4-8-12(14)16(21)24-2/h3-6,11-14H,7-10H2,1-2H3,(H2,18,19,22)/t11-,12-,13-,14-/m1/s1. The molecule has 2 aliphatic carbocycles. The van der Waals surface area contributed by atoms with Crippen LogP contribution in [0.2, 0.25) is 0 Å². The van der Waals surface area contributed by atoms with E-state index in [2.05, 4.69) is 10.6 Å². The van der Waals surface area contributed by atoms with Crippen molar-refractivity contribution >= 4 is 18.0 Å². The number of ether oxygens (including phenoxy) is 2. The fraction of sp³-hybridized carbons (Fsp3) is 0.588. The van der Waals surface area contributed by atoms with Crippen LogP contribution in [0.4, 0.5) is 4.79 Å². The molecule has 7 heteroatoms. The van der Waals surface area contributed by atoms with E-state index in [1.165, 1.54) is 14.2 Å². The Hall–Kier alpha value is -2.31. The van der Waals surface area contributed by atoms with Crippen LogP contribution in [0.5, 0.6) is 0 Å². The van der Waals surface area contributed by atoms with Crippen molar-refractivity contribution in [3.63, 3.8) is 0 Å². The summed E-state index contributed by atoms with van der Waals surface area (Å²) < 4.78 is 9.60. The molecule has 0 bridgehead atoms. The van der Waals surface area contributed by atoms with E-state index in [0.717, 1.165) is 0 Å². The van der Waals surface area contributed by atoms with Gasteiger partial charge in [0.2, 0.25) is 0 Å². The molecule has 0 radical (unpaired) electrons. The van der Waals surface area contributed by atoms with Crippen molar-refractivity contribution in [2.45, 2.75) is 37.8 Å². The molecule has 132 valence electrons. The molecule has 2 rings (SSSR count). The molecule has 0 aromatic carbocycles. The maximum atomic E-state index is 12.3. The number of urea groups is 1. The lowest BCUT2D eigenvalue weighted by atomic mass is 9.88. The van der Waals surface area contributed by atoms with Crippen LogP contribution in [0, 0.1) is 11.8 Å². The van der Waals surface area contributed by atoms with Gasteiger partial charge in [0.1, 0.15) is 0 Å². The molecule has 0 saturated heterocycles.